The predicted octanol–water partition coefficient (Wildman–Crippen LogP) is 1.92. The van der Waals surface area contributed by atoms with Crippen LogP contribution in [0.25, 0.3) is 0 Å². The molecule has 1 aromatic carbocycles. The molecule has 2 N–H and O–H groups in total. The maximum Gasteiger partial charge on any atom is 0.308 e. The second-order valence-electron chi connectivity index (χ2n) is 7.35. The van der Waals surface area contributed by atoms with E-state index in [1.807, 2.05) is 13.8 Å². The van der Waals surface area contributed by atoms with Crippen LogP contribution in [-0.4, -0.2) is 50.2 Å². The van der Waals surface area contributed by atoms with Gasteiger partial charge in [-0.15, -0.1) is 0 Å². The van der Waals surface area contributed by atoms with E-state index in [4.69, 9.17) is 9.47 Å². The van der Waals surface area contributed by atoms with Crippen molar-refractivity contribution in [2.45, 2.75) is 26.7 Å². The molecular formula is C20H28N2O6. The Morgan fingerprint density at radius 1 is 1.29 bits per heavy atom. The predicted molar refractivity (Wildman–Crippen MR) is 104 cm³/mol. The number of nitrogens with zero attached hydrogens (tertiary/aromatic N) is 1. The third-order valence-corrected chi connectivity index (χ3v) is 4.80. The fourth-order valence-corrected chi connectivity index (χ4v) is 3.33. The number of rotatable bonds is 9. The van der Waals surface area contributed by atoms with Crippen LogP contribution in [0.3, 0.4) is 0 Å². The lowest BCUT2D eigenvalue weighted by Gasteiger charge is -2.20. The van der Waals surface area contributed by atoms with Crippen LogP contribution in [0.4, 0.5) is 5.69 Å². The number of hydrogen-bond donors (Lipinski definition) is 2. The molecule has 154 valence electrons. The Labute approximate surface area is 164 Å². The van der Waals surface area contributed by atoms with Crippen molar-refractivity contribution < 1.29 is 29.0 Å². The lowest BCUT2D eigenvalue weighted by molar-refractivity contribution is -0.142. The molecule has 0 aromatic heterocycles. The molecule has 0 bridgehead atoms. The van der Waals surface area contributed by atoms with E-state index in [9.17, 15) is 19.5 Å². The van der Waals surface area contributed by atoms with Gasteiger partial charge in [-0.1, -0.05) is 13.8 Å². The minimum Gasteiger partial charge on any atom is -0.497 e. The number of nitrogens with one attached hydrogen (secondary N) is 1. The van der Waals surface area contributed by atoms with Crippen molar-refractivity contribution in [1.29, 1.82) is 0 Å². The summed E-state index contributed by atoms with van der Waals surface area (Å²) < 4.78 is 10.5. The largest absolute Gasteiger partial charge is 0.497 e. The van der Waals surface area contributed by atoms with Gasteiger partial charge in [-0.25, -0.2) is 0 Å². The monoisotopic (exact) mass is 392 g/mol. The van der Waals surface area contributed by atoms with Crippen LogP contribution in [0.5, 0.6) is 11.5 Å². The average molecular weight is 392 g/mol. The summed E-state index contributed by atoms with van der Waals surface area (Å²) in [6, 6.07) is 5.13. The third-order valence-electron chi connectivity index (χ3n) is 4.80. The zero-order chi connectivity index (χ0) is 20.8. The third kappa shape index (κ3) is 5.15. The molecule has 1 aliphatic rings. The Morgan fingerprint density at radius 2 is 2.00 bits per heavy atom. The normalized spacial score (nSPS) is 17.5. The average Bonchev–Trinajstić information content (AvgIpc) is 3.05. The lowest BCUT2D eigenvalue weighted by Crippen LogP contribution is -2.38. The standard InChI is InChI=1S/C20H28N2O6/c1-12(2)7-13(20(25)26)10-21-19(24)14-8-18(23)22(11-14)16-6-5-15(27-3)9-17(16)28-4/h5-6,9,12-14H,7-8,10-11H2,1-4H3,(H,21,24)(H,25,26). The minimum absolute atomic E-state index is 0.0584. The first-order valence-corrected chi connectivity index (χ1v) is 9.29. The second kappa shape index (κ2) is 9.43. The number of carboxylic acids is 1. The number of ether oxygens (including phenoxy) is 2. The molecule has 1 aliphatic heterocycles. The Bertz CT molecular complexity index is 733. The van der Waals surface area contributed by atoms with E-state index in [1.54, 1.807) is 25.3 Å². The maximum absolute atomic E-state index is 12.5. The first kappa shape index (κ1) is 21.5. The second-order valence-corrected chi connectivity index (χ2v) is 7.35. The summed E-state index contributed by atoms with van der Waals surface area (Å²) in [5.41, 5.74) is 0.576. The van der Waals surface area contributed by atoms with Gasteiger partial charge in [0.15, 0.2) is 0 Å². The highest BCUT2D eigenvalue weighted by Gasteiger charge is 2.36. The van der Waals surface area contributed by atoms with Crippen LogP contribution in [0.1, 0.15) is 26.7 Å². The molecule has 1 aromatic rings. The van der Waals surface area contributed by atoms with E-state index in [2.05, 4.69) is 5.32 Å². The van der Waals surface area contributed by atoms with Crippen molar-refractivity contribution in [3.63, 3.8) is 0 Å². The summed E-state index contributed by atoms with van der Waals surface area (Å²) in [6.07, 6.45) is 0.553. The van der Waals surface area contributed by atoms with Crippen LogP contribution >= 0.6 is 0 Å². The van der Waals surface area contributed by atoms with Crippen molar-refractivity contribution in [3.05, 3.63) is 18.2 Å². The van der Waals surface area contributed by atoms with Gasteiger partial charge < -0.3 is 24.8 Å². The number of benzene rings is 1. The molecular weight excluding hydrogens is 364 g/mol. The number of hydrogen-bond acceptors (Lipinski definition) is 5. The molecule has 2 rings (SSSR count). The molecule has 2 atom stereocenters. The first-order chi connectivity index (χ1) is 13.3. The van der Waals surface area contributed by atoms with Gasteiger partial charge in [-0.3, -0.25) is 14.4 Å². The quantitative estimate of drug-likeness (QED) is 0.665. The van der Waals surface area contributed by atoms with Gasteiger partial charge in [0.05, 0.1) is 31.7 Å². The SMILES string of the molecule is COc1ccc(N2CC(C(=O)NCC(CC(C)C)C(=O)O)CC2=O)c(OC)c1. The van der Waals surface area contributed by atoms with Crippen molar-refractivity contribution in [2.75, 3.05) is 32.2 Å². The summed E-state index contributed by atoms with van der Waals surface area (Å²) in [6.45, 7) is 4.15. The summed E-state index contributed by atoms with van der Waals surface area (Å²) in [5.74, 6) is -1.29. The van der Waals surface area contributed by atoms with Gasteiger partial charge in [0.25, 0.3) is 0 Å². The fourth-order valence-electron chi connectivity index (χ4n) is 3.33. The lowest BCUT2D eigenvalue weighted by atomic mass is 9.97. The van der Waals surface area contributed by atoms with Crippen LogP contribution < -0.4 is 19.7 Å². The van der Waals surface area contributed by atoms with Crippen molar-refractivity contribution >= 4 is 23.5 Å². The van der Waals surface area contributed by atoms with E-state index < -0.39 is 17.8 Å². The van der Waals surface area contributed by atoms with E-state index >= 15 is 0 Å². The molecule has 1 fully saturated rings. The number of aliphatic carboxylic acids is 1. The van der Waals surface area contributed by atoms with Crippen molar-refractivity contribution in [2.24, 2.45) is 17.8 Å². The maximum atomic E-state index is 12.5. The molecule has 28 heavy (non-hydrogen) atoms. The zero-order valence-electron chi connectivity index (χ0n) is 16.7. The molecule has 1 saturated heterocycles. The fraction of sp³-hybridized carbons (Fsp3) is 0.550. The molecule has 8 nitrogen and oxygen atoms in total. The number of anilines is 1. The molecule has 1 heterocycles. The van der Waals surface area contributed by atoms with Gasteiger partial charge in [-0.05, 0) is 24.5 Å². The smallest absolute Gasteiger partial charge is 0.308 e. The minimum atomic E-state index is -0.930. The molecule has 2 unspecified atom stereocenters. The summed E-state index contributed by atoms with van der Waals surface area (Å²) in [7, 11) is 3.04. The van der Waals surface area contributed by atoms with Crippen molar-refractivity contribution in [1.82, 2.24) is 5.32 Å². The number of methoxy groups -OCH3 is 2. The Kier molecular flexibility index (Phi) is 7.25. The van der Waals surface area contributed by atoms with Gasteiger partial charge >= 0.3 is 5.97 Å². The summed E-state index contributed by atoms with van der Waals surface area (Å²) in [4.78, 5) is 37.8. The number of carbonyl (C=O) groups excluding carboxylic acids is 2. The topological polar surface area (TPSA) is 105 Å². The number of amides is 2. The Morgan fingerprint density at radius 3 is 2.57 bits per heavy atom. The molecule has 8 heteroatoms. The van der Waals surface area contributed by atoms with E-state index in [0.29, 0.717) is 23.6 Å². The molecule has 2 amide bonds. The molecule has 0 aliphatic carbocycles. The highest BCUT2D eigenvalue weighted by Crippen LogP contribution is 2.35. The summed E-state index contributed by atoms with van der Waals surface area (Å²) >= 11 is 0. The van der Waals surface area contributed by atoms with E-state index in [1.165, 1.54) is 12.0 Å². The van der Waals surface area contributed by atoms with E-state index in [0.717, 1.165) is 0 Å². The molecule has 0 saturated carbocycles. The molecule has 0 spiro atoms. The zero-order valence-corrected chi connectivity index (χ0v) is 16.7. The van der Waals surface area contributed by atoms with Gasteiger partial charge in [0, 0.05) is 25.6 Å². The van der Waals surface area contributed by atoms with Crippen LogP contribution in [0.15, 0.2) is 18.2 Å². The summed E-state index contributed by atoms with van der Waals surface area (Å²) in [5, 5.41) is 12.0. The van der Waals surface area contributed by atoms with Gasteiger partial charge in [0.1, 0.15) is 11.5 Å². The van der Waals surface area contributed by atoms with Crippen LogP contribution in [0, 0.1) is 17.8 Å². The Balaban J connectivity index is 2.04. The molecule has 0 radical (unpaired) electrons. The highest BCUT2D eigenvalue weighted by molar-refractivity contribution is 6.01. The van der Waals surface area contributed by atoms with Gasteiger partial charge in [0.2, 0.25) is 11.8 Å². The highest BCUT2D eigenvalue weighted by atomic mass is 16.5. The number of carboxylic acid groups (broad SMARTS) is 1. The van der Waals surface area contributed by atoms with Crippen LogP contribution in [0.2, 0.25) is 0 Å². The number of carbonyl (C=O) groups is 3. The van der Waals surface area contributed by atoms with Crippen molar-refractivity contribution in [3.8, 4) is 11.5 Å². The van der Waals surface area contributed by atoms with Crippen LogP contribution in [-0.2, 0) is 14.4 Å². The Hall–Kier alpha value is -2.77. The first-order valence-electron chi connectivity index (χ1n) is 9.29. The van der Waals surface area contributed by atoms with E-state index in [-0.39, 0.29) is 37.2 Å². The van der Waals surface area contributed by atoms with Gasteiger partial charge in [-0.2, -0.15) is 0 Å².